The summed E-state index contributed by atoms with van der Waals surface area (Å²) >= 11 is 0. The van der Waals surface area contributed by atoms with Crippen molar-refractivity contribution in [2.24, 2.45) is 5.73 Å². The van der Waals surface area contributed by atoms with Crippen LogP contribution in [0.4, 0.5) is 0 Å². The van der Waals surface area contributed by atoms with E-state index in [4.69, 9.17) is 5.73 Å². The van der Waals surface area contributed by atoms with Gasteiger partial charge in [0, 0.05) is 31.4 Å². The molecule has 0 aromatic carbocycles. The van der Waals surface area contributed by atoms with Gasteiger partial charge in [0.05, 0.1) is 0 Å². The molecule has 0 aliphatic carbocycles. The number of hydrogen-bond donors (Lipinski definition) is 1. The van der Waals surface area contributed by atoms with Crippen molar-refractivity contribution < 1.29 is 0 Å². The van der Waals surface area contributed by atoms with Gasteiger partial charge in [-0.25, -0.2) is 4.98 Å². The summed E-state index contributed by atoms with van der Waals surface area (Å²) in [6, 6.07) is 0.211. The first-order valence-electron chi connectivity index (χ1n) is 6.69. The Hall–Kier alpha value is -0.870. The molecule has 0 radical (unpaired) electrons. The van der Waals surface area contributed by atoms with E-state index in [1.165, 1.54) is 0 Å². The second-order valence-corrected chi connectivity index (χ2v) is 4.41. The van der Waals surface area contributed by atoms with Gasteiger partial charge < -0.3 is 15.2 Å². The van der Waals surface area contributed by atoms with Crippen molar-refractivity contribution in [3.63, 3.8) is 0 Å². The molecule has 1 rings (SSSR count). The summed E-state index contributed by atoms with van der Waals surface area (Å²) in [6.45, 7) is 10.8. The molecule has 2 N–H and O–H groups in total. The van der Waals surface area contributed by atoms with E-state index in [0.717, 1.165) is 44.8 Å². The van der Waals surface area contributed by atoms with Gasteiger partial charge in [-0.3, -0.25) is 0 Å². The first-order chi connectivity index (χ1) is 8.21. The van der Waals surface area contributed by atoms with Crippen LogP contribution < -0.4 is 5.73 Å². The average Bonchev–Trinajstić information content (AvgIpc) is 2.77. The average molecular weight is 238 g/mol. The highest BCUT2D eigenvalue weighted by Gasteiger charge is 2.09. The third-order valence-corrected chi connectivity index (χ3v) is 3.30. The summed E-state index contributed by atoms with van der Waals surface area (Å²) in [6.07, 6.45) is 5.79. The van der Waals surface area contributed by atoms with E-state index in [-0.39, 0.29) is 6.04 Å². The van der Waals surface area contributed by atoms with Gasteiger partial charge in [0.15, 0.2) is 0 Å². The van der Waals surface area contributed by atoms with Crippen LogP contribution >= 0.6 is 0 Å². The van der Waals surface area contributed by atoms with Gasteiger partial charge in [-0.15, -0.1) is 0 Å². The summed E-state index contributed by atoms with van der Waals surface area (Å²) in [5.74, 6) is 1.11. The van der Waals surface area contributed by atoms with Crippen molar-refractivity contribution in [1.29, 1.82) is 0 Å². The lowest BCUT2D eigenvalue weighted by Crippen LogP contribution is -2.32. The summed E-state index contributed by atoms with van der Waals surface area (Å²) in [5.41, 5.74) is 6.17. The molecule has 98 valence electrons. The van der Waals surface area contributed by atoms with Gasteiger partial charge in [0.1, 0.15) is 5.82 Å². The third kappa shape index (κ3) is 4.48. The molecule has 4 heteroatoms. The van der Waals surface area contributed by atoms with E-state index < -0.39 is 0 Å². The van der Waals surface area contributed by atoms with E-state index in [1.807, 2.05) is 12.4 Å². The smallest absolute Gasteiger partial charge is 0.110 e. The van der Waals surface area contributed by atoms with Crippen molar-refractivity contribution >= 4 is 0 Å². The Morgan fingerprint density at radius 2 is 2.06 bits per heavy atom. The van der Waals surface area contributed by atoms with Crippen LogP contribution in [0.15, 0.2) is 12.4 Å². The molecular weight excluding hydrogens is 212 g/mol. The van der Waals surface area contributed by atoms with Gasteiger partial charge in [-0.2, -0.15) is 0 Å². The molecule has 1 aromatic heterocycles. The first kappa shape index (κ1) is 14.2. The summed E-state index contributed by atoms with van der Waals surface area (Å²) in [7, 11) is 0. The molecule has 0 saturated carbocycles. The van der Waals surface area contributed by atoms with Gasteiger partial charge in [-0.1, -0.05) is 13.8 Å². The van der Waals surface area contributed by atoms with Crippen LogP contribution in [0.1, 0.15) is 33.0 Å². The Bertz CT molecular complexity index is 304. The van der Waals surface area contributed by atoms with Crippen molar-refractivity contribution in [3.05, 3.63) is 18.2 Å². The monoisotopic (exact) mass is 238 g/mol. The number of nitrogens with two attached hydrogens (primary N) is 1. The second-order valence-electron chi connectivity index (χ2n) is 4.41. The maximum Gasteiger partial charge on any atom is 0.110 e. The van der Waals surface area contributed by atoms with E-state index in [9.17, 15) is 0 Å². The number of imidazole rings is 1. The highest BCUT2D eigenvalue weighted by Crippen LogP contribution is 2.04. The van der Waals surface area contributed by atoms with Crippen molar-refractivity contribution in [2.75, 3.05) is 19.6 Å². The molecular formula is C13H26N4. The fourth-order valence-corrected chi connectivity index (χ4v) is 2.04. The van der Waals surface area contributed by atoms with E-state index in [0.29, 0.717) is 0 Å². The van der Waals surface area contributed by atoms with Crippen LogP contribution in [0.2, 0.25) is 0 Å². The van der Waals surface area contributed by atoms with Crippen LogP contribution in [0.5, 0.6) is 0 Å². The molecule has 1 atom stereocenters. The molecule has 0 amide bonds. The van der Waals surface area contributed by atoms with Crippen LogP contribution in [0.3, 0.4) is 0 Å². The molecule has 0 aliphatic heterocycles. The van der Waals surface area contributed by atoms with E-state index >= 15 is 0 Å². The summed E-state index contributed by atoms with van der Waals surface area (Å²) < 4.78 is 2.16. The number of aromatic nitrogens is 2. The predicted molar refractivity (Wildman–Crippen MR) is 72.0 cm³/mol. The van der Waals surface area contributed by atoms with Gasteiger partial charge in [0.2, 0.25) is 0 Å². The Morgan fingerprint density at radius 3 is 2.65 bits per heavy atom. The van der Waals surface area contributed by atoms with E-state index in [2.05, 4.69) is 35.2 Å². The van der Waals surface area contributed by atoms with E-state index in [1.54, 1.807) is 0 Å². The second kappa shape index (κ2) is 7.45. The minimum Gasteiger partial charge on any atom is -0.335 e. The first-order valence-corrected chi connectivity index (χ1v) is 6.69. The Labute approximate surface area is 105 Å². The fraction of sp³-hybridized carbons (Fsp3) is 0.769. The Kier molecular flexibility index (Phi) is 6.22. The molecule has 1 heterocycles. The van der Waals surface area contributed by atoms with Crippen LogP contribution in [-0.2, 0) is 13.0 Å². The van der Waals surface area contributed by atoms with Gasteiger partial charge >= 0.3 is 0 Å². The summed E-state index contributed by atoms with van der Waals surface area (Å²) in [5, 5.41) is 0. The lowest BCUT2D eigenvalue weighted by Gasteiger charge is -2.20. The maximum atomic E-state index is 6.17. The number of nitrogens with zero attached hydrogens (tertiary/aromatic N) is 3. The minimum atomic E-state index is 0.211. The minimum absolute atomic E-state index is 0.211. The van der Waals surface area contributed by atoms with Crippen LogP contribution in [0.25, 0.3) is 0 Å². The van der Waals surface area contributed by atoms with Crippen molar-refractivity contribution in [3.8, 4) is 0 Å². The van der Waals surface area contributed by atoms with Crippen molar-refractivity contribution in [2.45, 2.75) is 46.2 Å². The normalized spacial score (nSPS) is 13.2. The maximum absolute atomic E-state index is 6.17. The molecule has 1 aromatic rings. The zero-order chi connectivity index (χ0) is 12.7. The molecule has 1 unspecified atom stereocenters. The highest BCUT2D eigenvalue weighted by molar-refractivity contribution is 4.95. The molecule has 0 bridgehead atoms. The van der Waals surface area contributed by atoms with Crippen molar-refractivity contribution in [1.82, 2.24) is 14.5 Å². The van der Waals surface area contributed by atoms with Crippen LogP contribution in [0, 0.1) is 0 Å². The molecule has 0 aliphatic rings. The lowest BCUT2D eigenvalue weighted by atomic mass is 10.1. The molecule has 0 spiro atoms. The molecule has 4 nitrogen and oxygen atoms in total. The molecule has 0 fully saturated rings. The van der Waals surface area contributed by atoms with Crippen LogP contribution in [-0.4, -0.2) is 40.1 Å². The Balaban J connectivity index is 2.36. The number of rotatable bonds is 8. The van der Waals surface area contributed by atoms with Gasteiger partial charge in [-0.05, 0) is 33.0 Å². The third-order valence-electron chi connectivity index (χ3n) is 3.30. The molecule has 0 saturated heterocycles. The Morgan fingerprint density at radius 1 is 1.35 bits per heavy atom. The topological polar surface area (TPSA) is 47.1 Å². The number of hydrogen-bond acceptors (Lipinski definition) is 3. The number of aryl methyl sites for hydroxylation is 1. The quantitative estimate of drug-likeness (QED) is 0.746. The SMILES string of the molecule is CCN(CC)CCC(N)Cc1nccn1CC. The summed E-state index contributed by atoms with van der Waals surface area (Å²) in [4.78, 5) is 6.77. The highest BCUT2D eigenvalue weighted by atomic mass is 15.1. The predicted octanol–water partition coefficient (Wildman–Crippen LogP) is 1.50. The standard InChI is InChI=1S/C13H26N4/c1-4-16(5-2)9-7-12(14)11-13-15-8-10-17(13)6-3/h8,10,12H,4-7,9,11,14H2,1-3H3. The fourth-order valence-electron chi connectivity index (χ4n) is 2.04. The lowest BCUT2D eigenvalue weighted by molar-refractivity contribution is 0.289. The zero-order valence-corrected chi connectivity index (χ0v) is 11.4. The zero-order valence-electron chi connectivity index (χ0n) is 11.4. The largest absolute Gasteiger partial charge is 0.335 e. The van der Waals surface area contributed by atoms with Gasteiger partial charge in [0.25, 0.3) is 0 Å². The molecule has 17 heavy (non-hydrogen) atoms.